The van der Waals surface area contributed by atoms with Gasteiger partial charge in [-0.25, -0.2) is 0 Å². The van der Waals surface area contributed by atoms with E-state index in [0.717, 1.165) is 5.56 Å². The lowest BCUT2D eigenvalue weighted by molar-refractivity contribution is -0.115. The number of nitrogens with one attached hydrogen (secondary N) is 3. The molecule has 2 aromatic rings. The van der Waals surface area contributed by atoms with Gasteiger partial charge in [0.15, 0.2) is 0 Å². The van der Waals surface area contributed by atoms with E-state index in [1.165, 1.54) is 0 Å². The van der Waals surface area contributed by atoms with Gasteiger partial charge < -0.3 is 10.6 Å². The van der Waals surface area contributed by atoms with Gasteiger partial charge in [0, 0.05) is 16.8 Å². The van der Waals surface area contributed by atoms with Crippen LogP contribution in [0.25, 0.3) is 11.4 Å². The van der Waals surface area contributed by atoms with Crippen LogP contribution in [0.4, 0.5) is 5.69 Å². The Morgan fingerprint density at radius 1 is 1.35 bits per heavy atom. The largest absolute Gasteiger partial charge is 0.325 e. The van der Waals surface area contributed by atoms with Gasteiger partial charge in [-0.3, -0.25) is 4.79 Å². The summed E-state index contributed by atoms with van der Waals surface area (Å²) >= 11 is 0. The van der Waals surface area contributed by atoms with Crippen LogP contribution in [-0.4, -0.2) is 38.6 Å². The molecule has 1 aromatic carbocycles. The Kier molecular flexibility index (Phi) is 4.09. The molecule has 20 heavy (non-hydrogen) atoms. The van der Waals surface area contributed by atoms with Crippen molar-refractivity contribution in [1.82, 2.24) is 25.9 Å². The lowest BCUT2D eigenvalue weighted by Gasteiger charge is -2.20. The number of hydrogen-bond acceptors (Lipinski definition) is 5. The second kappa shape index (κ2) is 5.79. The number of aromatic nitrogens is 4. The minimum absolute atomic E-state index is 0.0924. The maximum absolute atomic E-state index is 11.8. The number of nitrogens with zero attached hydrogens (tertiary/aromatic N) is 3. The minimum atomic E-state index is -0.0934. The van der Waals surface area contributed by atoms with Gasteiger partial charge in [0.05, 0.1) is 6.54 Å². The molecule has 0 aliphatic heterocycles. The molecule has 2 rings (SSSR count). The second-order valence-corrected chi connectivity index (χ2v) is 5.47. The SMILES string of the molecule is CC(C)(C)NCC(=O)Nc1cccc(-c2nn[nH]n2)c1. The first kappa shape index (κ1) is 14.1. The van der Waals surface area contributed by atoms with Crippen molar-refractivity contribution >= 4 is 11.6 Å². The van der Waals surface area contributed by atoms with Gasteiger partial charge >= 0.3 is 0 Å². The Bertz CT molecular complexity index is 573. The van der Waals surface area contributed by atoms with Crippen molar-refractivity contribution in [2.24, 2.45) is 0 Å². The molecule has 0 saturated carbocycles. The van der Waals surface area contributed by atoms with Crippen molar-refractivity contribution in [3.8, 4) is 11.4 Å². The summed E-state index contributed by atoms with van der Waals surface area (Å²) in [6, 6.07) is 7.31. The molecule has 0 bridgehead atoms. The minimum Gasteiger partial charge on any atom is -0.325 e. The van der Waals surface area contributed by atoms with E-state index in [1.54, 1.807) is 6.07 Å². The van der Waals surface area contributed by atoms with Crippen LogP contribution in [0.5, 0.6) is 0 Å². The lowest BCUT2D eigenvalue weighted by Crippen LogP contribution is -2.41. The van der Waals surface area contributed by atoms with Crippen molar-refractivity contribution < 1.29 is 4.79 Å². The molecule has 0 saturated heterocycles. The Morgan fingerprint density at radius 2 is 2.15 bits per heavy atom. The lowest BCUT2D eigenvalue weighted by atomic mass is 10.1. The van der Waals surface area contributed by atoms with Gasteiger partial charge in [-0.15, -0.1) is 10.2 Å². The van der Waals surface area contributed by atoms with Gasteiger partial charge in [0.1, 0.15) is 0 Å². The molecule has 0 aliphatic carbocycles. The number of H-pyrrole nitrogens is 1. The van der Waals surface area contributed by atoms with Crippen molar-refractivity contribution in [2.75, 3.05) is 11.9 Å². The number of hydrogen-bond donors (Lipinski definition) is 3. The Labute approximate surface area is 117 Å². The van der Waals surface area contributed by atoms with Crippen molar-refractivity contribution in [3.63, 3.8) is 0 Å². The molecule has 7 heteroatoms. The normalized spacial score (nSPS) is 11.3. The maximum atomic E-state index is 11.8. The average molecular weight is 274 g/mol. The van der Waals surface area contributed by atoms with E-state index in [1.807, 2.05) is 39.0 Å². The fourth-order valence-electron chi connectivity index (χ4n) is 1.57. The molecule has 0 aliphatic rings. The van der Waals surface area contributed by atoms with Crippen LogP contribution in [0.2, 0.25) is 0 Å². The van der Waals surface area contributed by atoms with Gasteiger partial charge in [-0.1, -0.05) is 12.1 Å². The highest BCUT2D eigenvalue weighted by molar-refractivity contribution is 5.92. The predicted octanol–water partition coefficient (Wildman–Crippen LogP) is 1.19. The number of tetrazole rings is 1. The Hall–Kier alpha value is -2.28. The van der Waals surface area contributed by atoms with Gasteiger partial charge in [0.25, 0.3) is 0 Å². The number of aromatic amines is 1. The summed E-state index contributed by atoms with van der Waals surface area (Å²) < 4.78 is 0. The van der Waals surface area contributed by atoms with E-state index in [-0.39, 0.29) is 18.0 Å². The van der Waals surface area contributed by atoms with Crippen LogP contribution in [-0.2, 0) is 4.79 Å². The summed E-state index contributed by atoms with van der Waals surface area (Å²) in [5.74, 6) is 0.402. The number of anilines is 1. The van der Waals surface area contributed by atoms with E-state index in [9.17, 15) is 4.79 Å². The predicted molar refractivity (Wildman–Crippen MR) is 76.0 cm³/mol. The number of carbonyl (C=O) groups excluding carboxylic acids is 1. The number of amides is 1. The van der Waals surface area contributed by atoms with Crippen LogP contribution >= 0.6 is 0 Å². The topological polar surface area (TPSA) is 95.6 Å². The fourth-order valence-corrected chi connectivity index (χ4v) is 1.57. The molecule has 0 radical (unpaired) electrons. The molecule has 106 valence electrons. The first-order valence-electron chi connectivity index (χ1n) is 6.33. The number of benzene rings is 1. The summed E-state index contributed by atoms with van der Waals surface area (Å²) in [6.45, 7) is 6.29. The van der Waals surface area contributed by atoms with E-state index in [0.29, 0.717) is 11.5 Å². The zero-order valence-corrected chi connectivity index (χ0v) is 11.8. The van der Waals surface area contributed by atoms with Crippen molar-refractivity contribution in [3.05, 3.63) is 24.3 Å². The van der Waals surface area contributed by atoms with Gasteiger partial charge in [-0.05, 0) is 38.1 Å². The fraction of sp³-hybridized carbons (Fsp3) is 0.385. The third kappa shape index (κ3) is 4.13. The van der Waals surface area contributed by atoms with Crippen LogP contribution in [0.15, 0.2) is 24.3 Å². The highest BCUT2D eigenvalue weighted by Crippen LogP contribution is 2.18. The van der Waals surface area contributed by atoms with E-state index in [4.69, 9.17) is 0 Å². The third-order valence-electron chi connectivity index (χ3n) is 2.53. The molecule has 1 heterocycles. The summed E-state index contributed by atoms with van der Waals surface area (Å²) in [5.41, 5.74) is 1.40. The maximum Gasteiger partial charge on any atom is 0.238 e. The second-order valence-electron chi connectivity index (χ2n) is 5.47. The molecule has 0 spiro atoms. The van der Waals surface area contributed by atoms with E-state index >= 15 is 0 Å². The summed E-state index contributed by atoms with van der Waals surface area (Å²) in [6.07, 6.45) is 0. The molecular formula is C13H18N6O. The van der Waals surface area contributed by atoms with E-state index < -0.39 is 0 Å². The van der Waals surface area contributed by atoms with Crippen molar-refractivity contribution in [2.45, 2.75) is 26.3 Å². The smallest absolute Gasteiger partial charge is 0.238 e. The summed E-state index contributed by atoms with van der Waals surface area (Å²) in [7, 11) is 0. The molecule has 0 atom stereocenters. The zero-order chi connectivity index (χ0) is 14.6. The van der Waals surface area contributed by atoms with E-state index in [2.05, 4.69) is 31.3 Å². The molecule has 0 unspecified atom stereocenters. The van der Waals surface area contributed by atoms with Crippen LogP contribution in [0, 0.1) is 0 Å². The van der Waals surface area contributed by atoms with Crippen LogP contribution < -0.4 is 10.6 Å². The monoisotopic (exact) mass is 274 g/mol. The van der Waals surface area contributed by atoms with Crippen LogP contribution in [0.1, 0.15) is 20.8 Å². The quantitative estimate of drug-likeness (QED) is 0.778. The zero-order valence-electron chi connectivity index (χ0n) is 11.8. The Balaban J connectivity index is 2.00. The average Bonchev–Trinajstić information content (AvgIpc) is 2.90. The molecule has 3 N–H and O–H groups in total. The van der Waals surface area contributed by atoms with Gasteiger partial charge in [0.2, 0.25) is 11.7 Å². The Morgan fingerprint density at radius 3 is 2.80 bits per heavy atom. The van der Waals surface area contributed by atoms with Gasteiger partial charge in [-0.2, -0.15) is 5.21 Å². The first-order valence-corrected chi connectivity index (χ1v) is 6.33. The third-order valence-corrected chi connectivity index (χ3v) is 2.53. The highest BCUT2D eigenvalue weighted by atomic mass is 16.1. The molecule has 7 nitrogen and oxygen atoms in total. The first-order chi connectivity index (χ1) is 9.44. The molecule has 1 aromatic heterocycles. The summed E-state index contributed by atoms with van der Waals surface area (Å²) in [4.78, 5) is 11.8. The van der Waals surface area contributed by atoms with Crippen molar-refractivity contribution in [1.29, 1.82) is 0 Å². The van der Waals surface area contributed by atoms with Crippen LogP contribution in [0.3, 0.4) is 0 Å². The molecular weight excluding hydrogens is 256 g/mol. The summed E-state index contributed by atoms with van der Waals surface area (Å²) in [5, 5.41) is 19.7. The molecule has 1 amide bonds. The number of rotatable bonds is 4. The highest BCUT2D eigenvalue weighted by Gasteiger charge is 2.11. The standard InChI is InChI=1S/C13H18N6O/c1-13(2,3)14-8-11(20)15-10-6-4-5-9(7-10)12-16-18-19-17-12/h4-7,14H,8H2,1-3H3,(H,15,20)(H,16,17,18,19). The number of carbonyl (C=O) groups is 1. The molecule has 0 fully saturated rings.